The van der Waals surface area contributed by atoms with Crippen LogP contribution in [0.4, 0.5) is 11.5 Å². The number of nitrogen functional groups attached to an aromatic ring is 1. The number of nitrogens with one attached hydrogen (secondary N) is 2. The molecule has 0 aliphatic carbocycles. The van der Waals surface area contributed by atoms with Crippen molar-refractivity contribution in [1.82, 2.24) is 10.3 Å². The van der Waals surface area contributed by atoms with Crippen LogP contribution in [0.15, 0.2) is 12.3 Å². The van der Waals surface area contributed by atoms with Crippen LogP contribution in [0.1, 0.15) is 18.4 Å². The summed E-state index contributed by atoms with van der Waals surface area (Å²) in [5, 5.41) is 6.01. The number of rotatable bonds is 5. The number of carbonyl (C=O) groups is 1. The summed E-state index contributed by atoms with van der Waals surface area (Å²) in [7, 11) is 0. The number of ether oxygens (including phenoxy) is 1. The molecule has 1 atom stereocenters. The van der Waals surface area contributed by atoms with Crippen molar-refractivity contribution in [2.75, 3.05) is 30.7 Å². The van der Waals surface area contributed by atoms with Crippen molar-refractivity contribution in [1.29, 1.82) is 0 Å². The van der Waals surface area contributed by atoms with Gasteiger partial charge in [-0.05, 0) is 31.4 Å². The number of nitrogens with zero attached hydrogens (tertiary/aromatic N) is 1. The Hall–Kier alpha value is -1.82. The molecule has 6 heteroatoms. The molecule has 104 valence electrons. The quantitative estimate of drug-likeness (QED) is 0.680. The van der Waals surface area contributed by atoms with Gasteiger partial charge in [-0.1, -0.05) is 0 Å². The lowest BCUT2D eigenvalue weighted by atomic mass is 10.2. The van der Waals surface area contributed by atoms with Gasteiger partial charge < -0.3 is 21.1 Å². The summed E-state index contributed by atoms with van der Waals surface area (Å²) in [6.07, 6.45) is 3.12. The smallest absolute Gasteiger partial charge is 0.249 e. The van der Waals surface area contributed by atoms with Gasteiger partial charge in [0.25, 0.3) is 0 Å². The predicted octanol–water partition coefficient (Wildman–Crippen LogP) is 0.679. The van der Waals surface area contributed by atoms with Crippen LogP contribution in [0.25, 0.3) is 0 Å². The van der Waals surface area contributed by atoms with Gasteiger partial charge in [0.15, 0.2) is 0 Å². The molecule has 1 fully saturated rings. The summed E-state index contributed by atoms with van der Waals surface area (Å²) < 4.78 is 5.30. The maximum atomic E-state index is 11.7. The summed E-state index contributed by atoms with van der Waals surface area (Å²) >= 11 is 0. The zero-order valence-electron chi connectivity index (χ0n) is 11.1. The normalized spacial score (nSPS) is 18.3. The lowest BCUT2D eigenvalue weighted by Crippen LogP contribution is -2.36. The van der Waals surface area contributed by atoms with Gasteiger partial charge in [0.05, 0.1) is 11.9 Å². The number of anilines is 2. The molecule has 19 heavy (non-hydrogen) atoms. The van der Waals surface area contributed by atoms with E-state index in [9.17, 15) is 4.79 Å². The molecular weight excluding hydrogens is 244 g/mol. The molecule has 1 aliphatic heterocycles. The molecule has 2 rings (SSSR count). The molecule has 0 spiro atoms. The molecule has 1 aliphatic rings. The first kappa shape index (κ1) is 13.6. The molecule has 0 aromatic carbocycles. The standard InChI is InChI=1S/C13H20N4O2/c1-9-7-10(14)8-17-12(9)15-4-5-16-13(18)11-3-2-6-19-11/h7-8,11H,2-6,14H2,1H3,(H,15,17)(H,16,18). The SMILES string of the molecule is Cc1cc(N)cnc1NCCNC(=O)C1CCCO1. The minimum Gasteiger partial charge on any atom is -0.397 e. The maximum absolute atomic E-state index is 11.7. The first-order valence-corrected chi connectivity index (χ1v) is 6.52. The Morgan fingerprint density at radius 1 is 1.58 bits per heavy atom. The van der Waals surface area contributed by atoms with Crippen molar-refractivity contribution < 1.29 is 9.53 Å². The third kappa shape index (κ3) is 3.82. The fraction of sp³-hybridized carbons (Fsp3) is 0.538. The van der Waals surface area contributed by atoms with E-state index in [2.05, 4.69) is 15.6 Å². The fourth-order valence-corrected chi connectivity index (χ4v) is 2.05. The molecule has 1 aromatic rings. The Labute approximate surface area is 112 Å². The summed E-state index contributed by atoms with van der Waals surface area (Å²) in [5.74, 6) is 0.766. The topological polar surface area (TPSA) is 89.3 Å². The Balaban J connectivity index is 1.70. The minimum atomic E-state index is -0.267. The van der Waals surface area contributed by atoms with E-state index >= 15 is 0 Å². The molecular formula is C13H20N4O2. The number of amides is 1. The van der Waals surface area contributed by atoms with E-state index < -0.39 is 0 Å². The molecule has 1 unspecified atom stereocenters. The molecule has 1 saturated heterocycles. The Kier molecular flexibility index (Phi) is 4.57. The molecule has 6 nitrogen and oxygen atoms in total. The van der Waals surface area contributed by atoms with Crippen LogP contribution in [-0.4, -0.2) is 36.7 Å². The number of aromatic nitrogens is 1. The molecule has 0 saturated carbocycles. The van der Waals surface area contributed by atoms with Crippen LogP contribution >= 0.6 is 0 Å². The monoisotopic (exact) mass is 264 g/mol. The number of hydrogen-bond donors (Lipinski definition) is 3. The van der Waals surface area contributed by atoms with Gasteiger partial charge in [-0.15, -0.1) is 0 Å². The van der Waals surface area contributed by atoms with Crippen molar-refractivity contribution >= 4 is 17.4 Å². The fourth-order valence-electron chi connectivity index (χ4n) is 2.05. The van der Waals surface area contributed by atoms with E-state index in [1.165, 1.54) is 0 Å². The number of pyridine rings is 1. The van der Waals surface area contributed by atoms with Gasteiger partial charge in [-0.2, -0.15) is 0 Å². The molecule has 1 aromatic heterocycles. The number of nitrogens with two attached hydrogens (primary N) is 1. The van der Waals surface area contributed by atoms with Gasteiger partial charge in [-0.25, -0.2) is 4.98 Å². The maximum Gasteiger partial charge on any atom is 0.249 e. The second-order valence-corrected chi connectivity index (χ2v) is 4.65. The average molecular weight is 264 g/mol. The third-order valence-electron chi connectivity index (χ3n) is 3.04. The molecule has 1 amide bonds. The van der Waals surface area contributed by atoms with Crippen LogP contribution in [0.2, 0.25) is 0 Å². The predicted molar refractivity (Wildman–Crippen MR) is 73.9 cm³/mol. The average Bonchev–Trinajstić information content (AvgIpc) is 2.90. The second-order valence-electron chi connectivity index (χ2n) is 4.65. The van der Waals surface area contributed by atoms with Crippen molar-refractivity contribution in [3.63, 3.8) is 0 Å². The van der Waals surface area contributed by atoms with Crippen LogP contribution in [-0.2, 0) is 9.53 Å². The zero-order valence-corrected chi connectivity index (χ0v) is 11.1. The van der Waals surface area contributed by atoms with E-state index in [1.807, 2.05) is 13.0 Å². The number of aryl methyl sites for hydroxylation is 1. The van der Waals surface area contributed by atoms with Crippen LogP contribution in [0.3, 0.4) is 0 Å². The number of hydrogen-bond acceptors (Lipinski definition) is 5. The first-order chi connectivity index (χ1) is 9.16. The Morgan fingerprint density at radius 3 is 3.11 bits per heavy atom. The third-order valence-corrected chi connectivity index (χ3v) is 3.04. The summed E-state index contributed by atoms with van der Waals surface area (Å²) in [4.78, 5) is 15.9. The lowest BCUT2D eigenvalue weighted by molar-refractivity contribution is -0.129. The van der Waals surface area contributed by atoms with Crippen molar-refractivity contribution in [3.05, 3.63) is 17.8 Å². The largest absolute Gasteiger partial charge is 0.397 e. The van der Waals surface area contributed by atoms with E-state index in [4.69, 9.17) is 10.5 Å². The van der Waals surface area contributed by atoms with Gasteiger partial charge in [0.1, 0.15) is 11.9 Å². The Bertz CT molecular complexity index is 444. The Morgan fingerprint density at radius 2 is 2.42 bits per heavy atom. The summed E-state index contributed by atoms with van der Waals surface area (Å²) in [6, 6.07) is 1.86. The highest BCUT2D eigenvalue weighted by molar-refractivity contribution is 5.80. The van der Waals surface area contributed by atoms with E-state index in [0.29, 0.717) is 25.4 Å². The highest BCUT2D eigenvalue weighted by atomic mass is 16.5. The second kappa shape index (κ2) is 6.38. The van der Waals surface area contributed by atoms with Crippen LogP contribution < -0.4 is 16.4 Å². The summed E-state index contributed by atoms with van der Waals surface area (Å²) in [5.41, 5.74) is 7.27. The van der Waals surface area contributed by atoms with E-state index in [1.54, 1.807) is 6.20 Å². The van der Waals surface area contributed by atoms with E-state index in [-0.39, 0.29) is 12.0 Å². The van der Waals surface area contributed by atoms with Gasteiger partial charge in [0, 0.05) is 19.7 Å². The van der Waals surface area contributed by atoms with Crippen LogP contribution in [0, 0.1) is 6.92 Å². The first-order valence-electron chi connectivity index (χ1n) is 6.52. The highest BCUT2D eigenvalue weighted by Gasteiger charge is 2.22. The van der Waals surface area contributed by atoms with Crippen molar-refractivity contribution in [2.45, 2.75) is 25.9 Å². The van der Waals surface area contributed by atoms with Gasteiger partial charge in [0.2, 0.25) is 5.91 Å². The highest BCUT2D eigenvalue weighted by Crippen LogP contribution is 2.13. The van der Waals surface area contributed by atoms with Gasteiger partial charge >= 0.3 is 0 Å². The lowest BCUT2D eigenvalue weighted by Gasteiger charge is -2.12. The van der Waals surface area contributed by atoms with Crippen LogP contribution in [0.5, 0.6) is 0 Å². The van der Waals surface area contributed by atoms with Gasteiger partial charge in [-0.3, -0.25) is 4.79 Å². The van der Waals surface area contributed by atoms with Crippen molar-refractivity contribution in [2.24, 2.45) is 0 Å². The molecule has 0 radical (unpaired) electrons. The summed E-state index contributed by atoms with van der Waals surface area (Å²) in [6.45, 7) is 3.79. The molecule has 4 N–H and O–H groups in total. The van der Waals surface area contributed by atoms with E-state index in [0.717, 1.165) is 24.2 Å². The minimum absolute atomic E-state index is 0.0266. The number of carbonyl (C=O) groups excluding carboxylic acids is 1. The van der Waals surface area contributed by atoms with Crippen molar-refractivity contribution in [3.8, 4) is 0 Å². The molecule has 0 bridgehead atoms. The molecule has 2 heterocycles. The zero-order chi connectivity index (χ0) is 13.7.